The van der Waals surface area contributed by atoms with Gasteiger partial charge in [-0.05, 0) is 61.3 Å². The zero-order valence-electron chi connectivity index (χ0n) is 21.8. The Morgan fingerprint density at radius 1 is 0.973 bits per heavy atom. The predicted octanol–water partition coefficient (Wildman–Crippen LogP) is 4.92. The summed E-state index contributed by atoms with van der Waals surface area (Å²) in [6.45, 7) is 4.28. The molecule has 1 saturated carbocycles. The number of anilines is 2. The number of piperazine rings is 1. The number of nitrogens with one attached hydrogen (secondary N) is 2. The Morgan fingerprint density at radius 3 is 2.41 bits per heavy atom. The molecular weight excluding hydrogens is 460 g/mol. The molecule has 1 amide bonds. The van der Waals surface area contributed by atoms with E-state index in [1.54, 1.807) is 19.0 Å². The summed E-state index contributed by atoms with van der Waals surface area (Å²) in [6, 6.07) is 17.4. The summed E-state index contributed by atoms with van der Waals surface area (Å²) in [5.74, 6) is 0.00469. The van der Waals surface area contributed by atoms with E-state index in [0.29, 0.717) is 11.6 Å². The fourth-order valence-electron chi connectivity index (χ4n) is 5.05. The van der Waals surface area contributed by atoms with E-state index in [0.717, 1.165) is 59.5 Å². The first-order chi connectivity index (χ1) is 18.0. The quantitative estimate of drug-likeness (QED) is 0.398. The number of hydrogen-bond donors (Lipinski definition) is 2. The van der Waals surface area contributed by atoms with E-state index in [4.69, 9.17) is 4.98 Å². The smallest absolute Gasteiger partial charge is 0.253 e. The monoisotopic (exact) mass is 494 g/mol. The van der Waals surface area contributed by atoms with Crippen LogP contribution < -0.4 is 10.2 Å². The number of pyridine rings is 1. The number of nitrogens with zero attached hydrogens (tertiary/aromatic N) is 4. The fraction of sp³-hybridized carbons (Fsp3) is 0.333. The first-order valence-electron chi connectivity index (χ1n) is 13.1. The first-order valence-corrected chi connectivity index (χ1v) is 13.1. The maximum absolute atomic E-state index is 12.3. The standard InChI is InChI=1S/C30H34N6O/c1-34(2)30(37)21-6-4-20(5-7-21)26-19-32-29-25(26)16-23(18-31-29)22-8-11-28(27(17-22)33-24-9-10-24)36-14-12-35(3)13-15-36/h4-8,11,16-19,24,33H,9-10,12-15H2,1-3H3,(H,31,32). The fourth-order valence-corrected chi connectivity index (χ4v) is 5.05. The zero-order valence-corrected chi connectivity index (χ0v) is 21.8. The maximum Gasteiger partial charge on any atom is 0.253 e. The molecule has 2 aromatic carbocycles. The maximum atomic E-state index is 12.3. The van der Waals surface area contributed by atoms with Crippen LogP contribution in [0.15, 0.2) is 60.9 Å². The van der Waals surface area contributed by atoms with Gasteiger partial charge >= 0.3 is 0 Å². The second-order valence-corrected chi connectivity index (χ2v) is 10.5. The van der Waals surface area contributed by atoms with Gasteiger partial charge in [0.25, 0.3) is 5.91 Å². The number of carbonyl (C=O) groups is 1. The highest BCUT2D eigenvalue weighted by Crippen LogP contribution is 2.37. The average Bonchev–Trinajstić information content (AvgIpc) is 3.64. The number of rotatable bonds is 6. The molecule has 0 atom stereocenters. The molecule has 7 heteroatoms. The minimum absolute atomic E-state index is 0.00469. The van der Waals surface area contributed by atoms with Crippen LogP contribution in [0.3, 0.4) is 0 Å². The lowest BCUT2D eigenvalue weighted by Crippen LogP contribution is -2.44. The van der Waals surface area contributed by atoms with Crippen molar-refractivity contribution in [1.29, 1.82) is 0 Å². The van der Waals surface area contributed by atoms with Gasteiger partial charge in [0.05, 0.1) is 11.4 Å². The molecule has 3 heterocycles. The Balaban J connectivity index is 1.33. The Labute approximate surface area is 218 Å². The molecule has 37 heavy (non-hydrogen) atoms. The third kappa shape index (κ3) is 4.79. The van der Waals surface area contributed by atoms with E-state index in [9.17, 15) is 4.79 Å². The molecule has 190 valence electrons. The molecule has 2 N–H and O–H groups in total. The van der Waals surface area contributed by atoms with E-state index < -0.39 is 0 Å². The number of H-pyrrole nitrogens is 1. The van der Waals surface area contributed by atoms with Crippen molar-refractivity contribution in [1.82, 2.24) is 19.8 Å². The molecule has 7 nitrogen and oxygen atoms in total. The van der Waals surface area contributed by atoms with Gasteiger partial charge in [-0.25, -0.2) is 4.98 Å². The molecule has 1 saturated heterocycles. The van der Waals surface area contributed by atoms with E-state index in [1.807, 2.05) is 36.7 Å². The predicted molar refractivity (Wildman–Crippen MR) is 151 cm³/mol. The van der Waals surface area contributed by atoms with Crippen LogP contribution in [0.1, 0.15) is 23.2 Å². The highest BCUT2D eigenvalue weighted by atomic mass is 16.2. The molecule has 2 aromatic heterocycles. The van der Waals surface area contributed by atoms with Crippen LogP contribution in [0.25, 0.3) is 33.3 Å². The summed E-state index contributed by atoms with van der Waals surface area (Å²) in [5.41, 5.74) is 8.46. The molecular formula is C30H34N6O. The number of fused-ring (bicyclic) bond motifs is 1. The van der Waals surface area contributed by atoms with Gasteiger partial charge in [-0.15, -0.1) is 0 Å². The number of hydrogen-bond acceptors (Lipinski definition) is 5. The second kappa shape index (κ2) is 9.56. The average molecular weight is 495 g/mol. The van der Waals surface area contributed by atoms with Gasteiger partial charge in [0.15, 0.2) is 0 Å². The van der Waals surface area contributed by atoms with Crippen LogP contribution in [-0.2, 0) is 0 Å². The third-order valence-electron chi connectivity index (χ3n) is 7.49. The molecule has 2 aliphatic rings. The molecule has 0 bridgehead atoms. The summed E-state index contributed by atoms with van der Waals surface area (Å²) in [7, 11) is 5.73. The molecule has 0 unspecified atom stereocenters. The lowest BCUT2D eigenvalue weighted by atomic mass is 10.0. The van der Waals surface area contributed by atoms with Crippen LogP contribution in [0.2, 0.25) is 0 Å². The number of likely N-dealkylation sites (N-methyl/N-ethyl adjacent to an activating group) is 1. The minimum atomic E-state index is 0.00469. The number of benzene rings is 2. The lowest BCUT2D eigenvalue weighted by Gasteiger charge is -2.35. The van der Waals surface area contributed by atoms with Crippen LogP contribution >= 0.6 is 0 Å². The van der Waals surface area contributed by atoms with Crippen LogP contribution in [-0.4, -0.2) is 79.0 Å². The van der Waals surface area contributed by atoms with Crippen molar-refractivity contribution in [3.05, 3.63) is 66.5 Å². The molecule has 0 spiro atoms. The number of aromatic amines is 1. The molecule has 6 rings (SSSR count). The van der Waals surface area contributed by atoms with E-state index in [2.05, 4.69) is 51.4 Å². The molecule has 0 radical (unpaired) electrons. The van der Waals surface area contributed by atoms with Crippen LogP contribution in [0, 0.1) is 0 Å². The lowest BCUT2D eigenvalue weighted by molar-refractivity contribution is 0.0827. The van der Waals surface area contributed by atoms with Crippen molar-refractivity contribution in [2.45, 2.75) is 18.9 Å². The van der Waals surface area contributed by atoms with Gasteiger partial charge in [0.1, 0.15) is 5.65 Å². The van der Waals surface area contributed by atoms with E-state index >= 15 is 0 Å². The van der Waals surface area contributed by atoms with Gasteiger partial charge < -0.3 is 25.0 Å². The normalized spacial score (nSPS) is 16.2. The highest BCUT2D eigenvalue weighted by Gasteiger charge is 2.24. The summed E-state index contributed by atoms with van der Waals surface area (Å²) in [5, 5.41) is 4.86. The van der Waals surface area contributed by atoms with Gasteiger partial charge in [0, 0.05) is 80.8 Å². The highest BCUT2D eigenvalue weighted by molar-refractivity contribution is 5.98. The van der Waals surface area contributed by atoms with Gasteiger partial charge in [-0.2, -0.15) is 0 Å². The number of carbonyl (C=O) groups excluding carboxylic acids is 1. The minimum Gasteiger partial charge on any atom is -0.381 e. The van der Waals surface area contributed by atoms with Crippen molar-refractivity contribution >= 4 is 28.3 Å². The Kier molecular flexibility index (Phi) is 6.08. The summed E-state index contributed by atoms with van der Waals surface area (Å²) in [4.78, 5) is 26.8. The molecule has 1 aliphatic heterocycles. The van der Waals surface area contributed by atoms with Crippen molar-refractivity contribution in [2.75, 3.05) is 57.5 Å². The number of aromatic nitrogens is 2. The zero-order chi connectivity index (χ0) is 25.5. The third-order valence-corrected chi connectivity index (χ3v) is 7.49. The van der Waals surface area contributed by atoms with Crippen LogP contribution in [0.4, 0.5) is 11.4 Å². The van der Waals surface area contributed by atoms with Gasteiger partial charge in [-0.3, -0.25) is 4.79 Å². The molecule has 1 aliphatic carbocycles. The topological polar surface area (TPSA) is 67.5 Å². The van der Waals surface area contributed by atoms with Crippen molar-refractivity contribution < 1.29 is 4.79 Å². The van der Waals surface area contributed by atoms with Gasteiger partial charge in [0.2, 0.25) is 0 Å². The van der Waals surface area contributed by atoms with Gasteiger partial charge in [-0.1, -0.05) is 18.2 Å². The Morgan fingerprint density at radius 2 is 1.70 bits per heavy atom. The molecule has 2 fully saturated rings. The van der Waals surface area contributed by atoms with Crippen molar-refractivity contribution in [3.63, 3.8) is 0 Å². The second-order valence-electron chi connectivity index (χ2n) is 10.5. The summed E-state index contributed by atoms with van der Waals surface area (Å²) < 4.78 is 0. The summed E-state index contributed by atoms with van der Waals surface area (Å²) >= 11 is 0. The Bertz CT molecular complexity index is 1430. The largest absolute Gasteiger partial charge is 0.381 e. The summed E-state index contributed by atoms with van der Waals surface area (Å²) in [6.07, 6.45) is 6.44. The van der Waals surface area contributed by atoms with Crippen molar-refractivity contribution in [3.8, 4) is 22.3 Å². The van der Waals surface area contributed by atoms with E-state index in [1.165, 1.54) is 24.2 Å². The van der Waals surface area contributed by atoms with Crippen molar-refractivity contribution in [2.24, 2.45) is 0 Å². The SMILES string of the molecule is CN1CCN(c2ccc(-c3cnc4[nH]cc(-c5ccc(C(=O)N(C)C)cc5)c4c3)cc2NC2CC2)CC1. The van der Waals surface area contributed by atoms with E-state index in [-0.39, 0.29) is 5.91 Å². The molecule has 4 aromatic rings. The first kappa shape index (κ1) is 23.6. The van der Waals surface area contributed by atoms with Crippen LogP contribution in [0.5, 0.6) is 0 Å². The Hall–Kier alpha value is -3.84. The number of amides is 1.